The number of nitrogens with zero attached hydrogens (tertiary/aromatic N) is 3. The molecular formula is C17H21FN4O3. The Balaban J connectivity index is 1.41. The average molecular weight is 348 g/mol. The van der Waals surface area contributed by atoms with Crippen LogP contribution in [0.15, 0.2) is 28.7 Å². The van der Waals surface area contributed by atoms with Crippen molar-refractivity contribution in [1.82, 2.24) is 20.4 Å². The number of hydrogen-bond donors (Lipinski definition) is 1. The van der Waals surface area contributed by atoms with Gasteiger partial charge in [0.1, 0.15) is 5.82 Å². The Bertz CT molecular complexity index is 683. The molecule has 0 aliphatic carbocycles. The van der Waals surface area contributed by atoms with Crippen LogP contribution in [0.3, 0.4) is 0 Å². The van der Waals surface area contributed by atoms with Crippen LogP contribution in [0.2, 0.25) is 0 Å². The smallest absolute Gasteiger partial charge is 0.308 e. The molecule has 1 fully saturated rings. The summed E-state index contributed by atoms with van der Waals surface area (Å²) in [7, 11) is 0. The van der Waals surface area contributed by atoms with Crippen molar-refractivity contribution in [2.24, 2.45) is 0 Å². The molecule has 8 heteroatoms. The van der Waals surface area contributed by atoms with Crippen molar-refractivity contribution >= 4 is 5.91 Å². The van der Waals surface area contributed by atoms with E-state index in [9.17, 15) is 9.18 Å². The fourth-order valence-electron chi connectivity index (χ4n) is 2.60. The number of carbonyl (C=O) groups excluding carboxylic acids is 1. The first kappa shape index (κ1) is 17.5. The molecule has 134 valence electrons. The second-order valence-electron chi connectivity index (χ2n) is 5.87. The van der Waals surface area contributed by atoms with Crippen LogP contribution in [0.25, 0.3) is 0 Å². The minimum absolute atomic E-state index is 0.0523. The van der Waals surface area contributed by atoms with Gasteiger partial charge < -0.3 is 14.5 Å². The van der Waals surface area contributed by atoms with E-state index in [-0.39, 0.29) is 17.6 Å². The van der Waals surface area contributed by atoms with E-state index in [0.717, 1.165) is 44.8 Å². The van der Waals surface area contributed by atoms with Crippen LogP contribution in [-0.4, -0.2) is 60.4 Å². The molecule has 1 aliphatic heterocycles. The van der Waals surface area contributed by atoms with Gasteiger partial charge in [-0.15, -0.1) is 10.2 Å². The molecule has 1 aliphatic rings. The van der Waals surface area contributed by atoms with Gasteiger partial charge >= 0.3 is 11.8 Å². The van der Waals surface area contributed by atoms with Gasteiger partial charge in [-0.1, -0.05) is 12.1 Å². The number of benzene rings is 1. The number of rotatable bonds is 7. The molecule has 7 nitrogen and oxygen atoms in total. The quantitative estimate of drug-likeness (QED) is 0.759. The molecule has 0 atom stereocenters. The highest BCUT2D eigenvalue weighted by Gasteiger charge is 2.15. The Labute approximate surface area is 145 Å². The van der Waals surface area contributed by atoms with Gasteiger partial charge in [0.15, 0.2) is 0 Å². The Hall–Kier alpha value is -2.32. The molecule has 0 radical (unpaired) electrons. The molecular weight excluding hydrogens is 327 g/mol. The lowest BCUT2D eigenvalue weighted by Gasteiger charge is -2.26. The molecule has 25 heavy (non-hydrogen) atoms. The zero-order valence-electron chi connectivity index (χ0n) is 13.9. The Morgan fingerprint density at radius 2 is 1.96 bits per heavy atom. The van der Waals surface area contributed by atoms with Crippen molar-refractivity contribution in [2.75, 3.05) is 39.4 Å². The molecule has 0 saturated carbocycles. The summed E-state index contributed by atoms with van der Waals surface area (Å²) in [4.78, 5) is 14.3. The molecule has 3 rings (SSSR count). The summed E-state index contributed by atoms with van der Waals surface area (Å²) < 4.78 is 23.6. The van der Waals surface area contributed by atoms with Gasteiger partial charge in [0.05, 0.1) is 19.6 Å². The van der Waals surface area contributed by atoms with E-state index in [4.69, 9.17) is 9.15 Å². The highest BCUT2D eigenvalue weighted by atomic mass is 19.1. The van der Waals surface area contributed by atoms with Crippen molar-refractivity contribution in [3.63, 3.8) is 0 Å². The monoisotopic (exact) mass is 348 g/mol. The van der Waals surface area contributed by atoms with Crippen molar-refractivity contribution in [1.29, 1.82) is 0 Å². The number of aromatic nitrogens is 2. The minimum Gasteiger partial charge on any atom is -0.417 e. The summed E-state index contributed by atoms with van der Waals surface area (Å²) in [5, 5.41) is 10.4. The van der Waals surface area contributed by atoms with Crippen LogP contribution in [0, 0.1) is 5.82 Å². The van der Waals surface area contributed by atoms with E-state index in [2.05, 4.69) is 20.4 Å². The maximum atomic E-state index is 12.9. The van der Waals surface area contributed by atoms with E-state index in [1.165, 1.54) is 12.1 Å². The van der Waals surface area contributed by atoms with Gasteiger partial charge in [0, 0.05) is 19.6 Å². The van der Waals surface area contributed by atoms with Crippen molar-refractivity contribution in [3.05, 3.63) is 47.4 Å². The standard InChI is InChI=1S/C17H21FN4O3/c18-14-4-2-13(3-5-14)12-15-20-21-17(25-15)16(23)19-6-1-7-22-8-10-24-11-9-22/h2-5H,1,6-12H2,(H,19,23). The third-order valence-corrected chi connectivity index (χ3v) is 3.97. The summed E-state index contributed by atoms with van der Waals surface area (Å²) >= 11 is 0. The minimum atomic E-state index is -0.375. The normalized spacial score (nSPS) is 15.2. The summed E-state index contributed by atoms with van der Waals surface area (Å²) in [6.45, 7) is 4.88. The van der Waals surface area contributed by atoms with E-state index in [1.807, 2.05) is 0 Å². The molecule has 2 heterocycles. The second-order valence-corrected chi connectivity index (χ2v) is 5.87. The van der Waals surface area contributed by atoms with E-state index in [0.29, 0.717) is 18.9 Å². The van der Waals surface area contributed by atoms with Gasteiger partial charge in [-0.2, -0.15) is 0 Å². The first-order valence-corrected chi connectivity index (χ1v) is 8.36. The molecule has 1 N–H and O–H groups in total. The summed E-state index contributed by atoms with van der Waals surface area (Å²) in [5.41, 5.74) is 0.836. The Morgan fingerprint density at radius 1 is 1.20 bits per heavy atom. The molecule has 1 amide bonds. The van der Waals surface area contributed by atoms with Gasteiger partial charge in [-0.25, -0.2) is 4.39 Å². The number of morpholine rings is 1. The van der Waals surface area contributed by atoms with E-state index >= 15 is 0 Å². The van der Waals surface area contributed by atoms with Crippen LogP contribution in [0.5, 0.6) is 0 Å². The second kappa shape index (κ2) is 8.68. The number of hydrogen-bond acceptors (Lipinski definition) is 6. The first-order valence-electron chi connectivity index (χ1n) is 8.36. The van der Waals surface area contributed by atoms with E-state index < -0.39 is 0 Å². The summed E-state index contributed by atoms with van der Waals surface area (Å²) in [5.74, 6) is -0.403. The van der Waals surface area contributed by atoms with Crippen LogP contribution < -0.4 is 5.32 Å². The summed E-state index contributed by atoms with van der Waals surface area (Å²) in [6, 6.07) is 6.03. The Morgan fingerprint density at radius 3 is 2.72 bits per heavy atom. The lowest BCUT2D eigenvalue weighted by Crippen LogP contribution is -2.38. The molecule has 0 bridgehead atoms. The topological polar surface area (TPSA) is 80.5 Å². The lowest BCUT2D eigenvalue weighted by atomic mass is 10.1. The van der Waals surface area contributed by atoms with Crippen LogP contribution >= 0.6 is 0 Å². The average Bonchev–Trinajstić information content (AvgIpc) is 3.10. The lowest BCUT2D eigenvalue weighted by molar-refractivity contribution is 0.0374. The molecule has 1 aromatic heterocycles. The van der Waals surface area contributed by atoms with Crippen molar-refractivity contribution < 1.29 is 18.3 Å². The van der Waals surface area contributed by atoms with Gasteiger partial charge in [-0.05, 0) is 30.7 Å². The molecule has 2 aromatic rings. The number of amides is 1. The van der Waals surface area contributed by atoms with E-state index in [1.54, 1.807) is 12.1 Å². The van der Waals surface area contributed by atoms with Crippen molar-refractivity contribution in [2.45, 2.75) is 12.8 Å². The number of halogens is 1. The van der Waals surface area contributed by atoms with Crippen LogP contribution in [-0.2, 0) is 11.2 Å². The fraction of sp³-hybridized carbons (Fsp3) is 0.471. The number of ether oxygens (including phenoxy) is 1. The third kappa shape index (κ3) is 5.33. The third-order valence-electron chi connectivity index (χ3n) is 3.97. The summed E-state index contributed by atoms with van der Waals surface area (Å²) in [6.07, 6.45) is 1.21. The predicted molar refractivity (Wildman–Crippen MR) is 87.7 cm³/mol. The van der Waals surface area contributed by atoms with Crippen LogP contribution in [0.4, 0.5) is 4.39 Å². The van der Waals surface area contributed by atoms with Crippen LogP contribution in [0.1, 0.15) is 28.6 Å². The maximum absolute atomic E-state index is 12.9. The zero-order valence-corrected chi connectivity index (χ0v) is 13.9. The largest absolute Gasteiger partial charge is 0.417 e. The Kier molecular flexibility index (Phi) is 6.08. The maximum Gasteiger partial charge on any atom is 0.308 e. The fourth-order valence-corrected chi connectivity index (χ4v) is 2.60. The van der Waals surface area contributed by atoms with Gasteiger partial charge in [0.25, 0.3) is 0 Å². The van der Waals surface area contributed by atoms with Gasteiger partial charge in [0.2, 0.25) is 5.89 Å². The SMILES string of the molecule is O=C(NCCCN1CCOCC1)c1nnc(Cc2ccc(F)cc2)o1. The number of carbonyl (C=O) groups is 1. The predicted octanol–water partition coefficient (Wildman–Crippen LogP) is 1.25. The van der Waals surface area contributed by atoms with Gasteiger partial charge in [-0.3, -0.25) is 9.69 Å². The highest BCUT2D eigenvalue weighted by molar-refractivity contribution is 5.89. The first-order chi connectivity index (χ1) is 12.2. The zero-order chi connectivity index (χ0) is 17.5. The molecule has 0 spiro atoms. The van der Waals surface area contributed by atoms with Crippen molar-refractivity contribution in [3.8, 4) is 0 Å². The molecule has 1 aromatic carbocycles. The molecule has 0 unspecified atom stereocenters. The highest BCUT2D eigenvalue weighted by Crippen LogP contribution is 2.09. The number of nitrogens with one attached hydrogen (secondary N) is 1. The molecule has 1 saturated heterocycles.